The topological polar surface area (TPSA) is 56.7 Å². The van der Waals surface area contributed by atoms with Gasteiger partial charge in [-0.25, -0.2) is 4.98 Å². The van der Waals surface area contributed by atoms with E-state index in [4.69, 9.17) is 0 Å². The van der Waals surface area contributed by atoms with Crippen LogP contribution < -0.4 is 4.90 Å². The molecule has 1 saturated heterocycles. The summed E-state index contributed by atoms with van der Waals surface area (Å²) >= 11 is 1.44. The normalized spacial score (nSPS) is 22.9. The lowest BCUT2D eigenvalue weighted by molar-refractivity contribution is 0.0360. The molecule has 0 radical (unpaired) electrons. The molecule has 0 spiro atoms. The second-order valence-electron chi connectivity index (χ2n) is 6.10. The number of aliphatic hydroxyl groups excluding tert-OH is 1. The summed E-state index contributed by atoms with van der Waals surface area (Å²) in [4.78, 5) is 21.6. The number of aliphatic hydroxyl groups is 1. The highest BCUT2D eigenvalue weighted by molar-refractivity contribution is 7.17. The van der Waals surface area contributed by atoms with E-state index >= 15 is 0 Å². The van der Waals surface area contributed by atoms with Crippen LogP contribution in [0.2, 0.25) is 0 Å². The smallest absolute Gasteiger partial charge is 0.265 e. The molecule has 1 fully saturated rings. The molecule has 2 heterocycles. The second-order valence-corrected chi connectivity index (χ2v) is 7.08. The van der Waals surface area contributed by atoms with Gasteiger partial charge in [-0.2, -0.15) is 0 Å². The van der Waals surface area contributed by atoms with E-state index in [9.17, 15) is 9.90 Å². The van der Waals surface area contributed by atoms with Crippen molar-refractivity contribution in [2.45, 2.75) is 26.7 Å². The fourth-order valence-corrected chi connectivity index (χ4v) is 3.49. The fraction of sp³-hybridized carbons (Fsp3) is 0.714. The van der Waals surface area contributed by atoms with E-state index in [0.29, 0.717) is 6.54 Å². The predicted octanol–water partition coefficient (Wildman–Crippen LogP) is 1.75. The predicted molar refractivity (Wildman–Crippen MR) is 81.5 cm³/mol. The maximum absolute atomic E-state index is 12.7. The number of carbonyl (C=O) groups is 1. The first-order valence-corrected chi connectivity index (χ1v) is 7.73. The summed E-state index contributed by atoms with van der Waals surface area (Å²) in [5, 5.41) is 10.4. The molecule has 1 amide bonds. The average Bonchev–Trinajstić information content (AvgIpc) is 2.80. The van der Waals surface area contributed by atoms with Gasteiger partial charge in [-0.15, -0.1) is 0 Å². The Hall–Kier alpha value is -1.14. The van der Waals surface area contributed by atoms with Crippen molar-refractivity contribution in [3.05, 3.63) is 10.6 Å². The SMILES string of the molecule is Cc1nc(N(C)C)sc1C(=O)N1CCCC(C)(CO)C1. The van der Waals surface area contributed by atoms with Gasteiger partial charge in [-0.05, 0) is 19.8 Å². The van der Waals surface area contributed by atoms with Crippen molar-refractivity contribution in [1.29, 1.82) is 0 Å². The molecule has 0 saturated carbocycles. The number of carbonyl (C=O) groups excluding carboxylic acids is 1. The molecule has 1 aliphatic rings. The second kappa shape index (κ2) is 5.69. The van der Waals surface area contributed by atoms with Gasteiger partial charge in [0.05, 0.1) is 12.3 Å². The molecule has 112 valence electrons. The molecule has 1 aromatic heterocycles. The van der Waals surface area contributed by atoms with Crippen LogP contribution in [0.5, 0.6) is 0 Å². The van der Waals surface area contributed by atoms with Gasteiger partial charge in [-0.3, -0.25) is 4.79 Å². The summed E-state index contributed by atoms with van der Waals surface area (Å²) < 4.78 is 0. The van der Waals surface area contributed by atoms with Gasteiger partial charge in [0.1, 0.15) is 4.88 Å². The Labute approximate surface area is 124 Å². The van der Waals surface area contributed by atoms with Crippen LogP contribution in [-0.2, 0) is 0 Å². The molecular formula is C14H23N3O2S. The third-order valence-electron chi connectivity index (χ3n) is 3.81. The summed E-state index contributed by atoms with van der Waals surface area (Å²) in [5.74, 6) is 0.0486. The molecule has 0 aliphatic carbocycles. The summed E-state index contributed by atoms with van der Waals surface area (Å²) in [6, 6.07) is 0. The van der Waals surface area contributed by atoms with Crippen molar-refractivity contribution in [3.63, 3.8) is 0 Å². The molecule has 0 bridgehead atoms. The Morgan fingerprint density at radius 1 is 1.55 bits per heavy atom. The van der Waals surface area contributed by atoms with Gasteiger partial charge in [0.2, 0.25) is 0 Å². The average molecular weight is 297 g/mol. The first kappa shape index (κ1) is 15.3. The molecule has 20 heavy (non-hydrogen) atoms. The van der Waals surface area contributed by atoms with Crippen LogP contribution in [0.25, 0.3) is 0 Å². The van der Waals surface area contributed by atoms with Crippen LogP contribution in [0.3, 0.4) is 0 Å². The maximum atomic E-state index is 12.7. The van der Waals surface area contributed by atoms with Gasteiger partial charge in [-0.1, -0.05) is 18.3 Å². The highest BCUT2D eigenvalue weighted by Gasteiger charge is 2.34. The Morgan fingerprint density at radius 2 is 2.25 bits per heavy atom. The van der Waals surface area contributed by atoms with Crippen molar-refractivity contribution in [2.24, 2.45) is 5.41 Å². The molecule has 1 atom stereocenters. The van der Waals surface area contributed by atoms with E-state index in [1.54, 1.807) is 0 Å². The van der Waals surface area contributed by atoms with Crippen LogP contribution >= 0.6 is 11.3 Å². The molecule has 6 heteroatoms. The van der Waals surface area contributed by atoms with E-state index in [-0.39, 0.29) is 17.9 Å². The number of hydrogen-bond donors (Lipinski definition) is 1. The van der Waals surface area contributed by atoms with Crippen LogP contribution in [-0.4, -0.2) is 54.7 Å². The zero-order chi connectivity index (χ0) is 14.9. The van der Waals surface area contributed by atoms with Gasteiger partial charge < -0.3 is 14.9 Å². The van der Waals surface area contributed by atoms with Crippen LogP contribution in [0.4, 0.5) is 5.13 Å². The number of amides is 1. The lowest BCUT2D eigenvalue weighted by atomic mass is 9.83. The van der Waals surface area contributed by atoms with Gasteiger partial charge in [0, 0.05) is 32.6 Å². The van der Waals surface area contributed by atoms with E-state index in [0.717, 1.165) is 35.1 Å². The number of anilines is 1. The Morgan fingerprint density at radius 3 is 2.80 bits per heavy atom. The van der Waals surface area contributed by atoms with E-state index < -0.39 is 0 Å². The maximum Gasteiger partial charge on any atom is 0.265 e. The van der Waals surface area contributed by atoms with Gasteiger partial charge >= 0.3 is 0 Å². The highest BCUT2D eigenvalue weighted by atomic mass is 32.1. The molecule has 5 nitrogen and oxygen atoms in total. The van der Waals surface area contributed by atoms with Crippen molar-refractivity contribution in [2.75, 3.05) is 38.7 Å². The monoisotopic (exact) mass is 297 g/mol. The molecular weight excluding hydrogens is 274 g/mol. The van der Waals surface area contributed by atoms with E-state index in [2.05, 4.69) is 4.98 Å². The molecule has 0 aromatic carbocycles. The Bertz CT molecular complexity index is 501. The number of likely N-dealkylation sites (tertiary alicyclic amines) is 1. The third-order valence-corrected chi connectivity index (χ3v) is 5.13. The first-order valence-electron chi connectivity index (χ1n) is 6.91. The summed E-state index contributed by atoms with van der Waals surface area (Å²) in [6.45, 7) is 5.44. The van der Waals surface area contributed by atoms with Crippen LogP contribution in [0.15, 0.2) is 0 Å². The Balaban J connectivity index is 2.19. The lowest BCUT2D eigenvalue weighted by Gasteiger charge is -2.39. The quantitative estimate of drug-likeness (QED) is 0.923. The van der Waals surface area contributed by atoms with Crippen molar-refractivity contribution in [1.82, 2.24) is 9.88 Å². The van der Waals surface area contributed by atoms with Crippen molar-refractivity contribution < 1.29 is 9.90 Å². The highest BCUT2D eigenvalue weighted by Crippen LogP contribution is 2.32. The minimum absolute atomic E-state index is 0.0486. The van der Waals surface area contributed by atoms with Gasteiger partial charge in [0.15, 0.2) is 5.13 Å². The number of hydrogen-bond acceptors (Lipinski definition) is 5. The minimum atomic E-state index is -0.170. The largest absolute Gasteiger partial charge is 0.396 e. The molecule has 1 aliphatic heterocycles. The van der Waals surface area contributed by atoms with Gasteiger partial charge in [0.25, 0.3) is 5.91 Å². The summed E-state index contributed by atoms with van der Waals surface area (Å²) in [6.07, 6.45) is 1.92. The number of rotatable bonds is 3. The standard InChI is InChI=1S/C14H23N3O2S/c1-10-11(20-13(15-10)16(3)4)12(19)17-7-5-6-14(2,8-17)9-18/h18H,5-9H2,1-4H3. The van der Waals surface area contributed by atoms with Crippen LogP contribution in [0.1, 0.15) is 35.1 Å². The van der Waals surface area contributed by atoms with Crippen molar-refractivity contribution >= 4 is 22.4 Å². The molecule has 1 N–H and O–H groups in total. The number of aryl methyl sites for hydroxylation is 1. The zero-order valence-electron chi connectivity index (χ0n) is 12.6. The fourth-order valence-electron chi connectivity index (χ4n) is 2.53. The van der Waals surface area contributed by atoms with Crippen LogP contribution in [0, 0.1) is 12.3 Å². The molecule has 2 rings (SSSR count). The molecule has 1 unspecified atom stereocenters. The number of piperidine rings is 1. The number of thiazole rings is 1. The van der Waals surface area contributed by atoms with E-state index in [1.165, 1.54) is 11.3 Å². The Kier molecular flexibility index (Phi) is 4.34. The summed E-state index contributed by atoms with van der Waals surface area (Å²) in [5.41, 5.74) is 0.622. The van der Waals surface area contributed by atoms with E-state index in [1.807, 2.05) is 37.7 Å². The number of nitrogens with zero attached hydrogens (tertiary/aromatic N) is 3. The minimum Gasteiger partial charge on any atom is -0.396 e. The number of aromatic nitrogens is 1. The summed E-state index contributed by atoms with van der Waals surface area (Å²) in [7, 11) is 3.85. The zero-order valence-corrected chi connectivity index (χ0v) is 13.5. The third kappa shape index (κ3) is 2.96. The molecule has 1 aromatic rings. The first-order chi connectivity index (χ1) is 9.36. The van der Waals surface area contributed by atoms with Crippen molar-refractivity contribution in [3.8, 4) is 0 Å². The lowest BCUT2D eigenvalue weighted by Crippen LogP contribution is -2.46.